The second-order valence-corrected chi connectivity index (χ2v) is 4.04. The Kier molecular flexibility index (Phi) is 1.86. The van der Waals surface area contributed by atoms with E-state index in [-0.39, 0.29) is 5.41 Å². The lowest BCUT2D eigenvalue weighted by Gasteiger charge is -2.11. The van der Waals surface area contributed by atoms with Crippen LogP contribution in [0.15, 0.2) is 15.3 Å². The summed E-state index contributed by atoms with van der Waals surface area (Å²) in [5.74, 6) is 0.763. The van der Waals surface area contributed by atoms with Gasteiger partial charge < -0.3 is 4.42 Å². The van der Waals surface area contributed by atoms with Gasteiger partial charge in [-0.05, 0) is 15.9 Å². The topological polar surface area (TPSA) is 26.0 Å². The Morgan fingerprint density at radius 2 is 2.10 bits per heavy atom. The van der Waals surface area contributed by atoms with Gasteiger partial charge in [-0.1, -0.05) is 20.8 Å². The second-order valence-electron chi connectivity index (χ2n) is 3.23. The van der Waals surface area contributed by atoms with E-state index in [4.69, 9.17) is 4.42 Å². The lowest BCUT2D eigenvalue weighted by Crippen LogP contribution is -2.10. The second kappa shape index (κ2) is 2.38. The monoisotopic (exact) mass is 203 g/mol. The average Bonchev–Trinajstić information content (AvgIpc) is 2.11. The Morgan fingerprint density at radius 1 is 1.50 bits per heavy atom. The number of hydrogen-bond acceptors (Lipinski definition) is 2. The highest BCUT2D eigenvalue weighted by molar-refractivity contribution is 9.10. The molecule has 0 fully saturated rings. The summed E-state index contributed by atoms with van der Waals surface area (Å²) in [4.78, 5) is 4.13. The van der Waals surface area contributed by atoms with Crippen LogP contribution in [0.3, 0.4) is 0 Å². The maximum Gasteiger partial charge on any atom is 0.200 e. The molecule has 3 heteroatoms. The van der Waals surface area contributed by atoms with Crippen LogP contribution in [0.25, 0.3) is 0 Å². The molecule has 0 bridgehead atoms. The van der Waals surface area contributed by atoms with Crippen molar-refractivity contribution in [1.82, 2.24) is 4.98 Å². The first kappa shape index (κ1) is 7.79. The fourth-order valence-electron chi connectivity index (χ4n) is 0.599. The van der Waals surface area contributed by atoms with Crippen LogP contribution in [0.5, 0.6) is 0 Å². The van der Waals surface area contributed by atoms with E-state index in [1.165, 1.54) is 0 Å². The fraction of sp³-hybridized carbons (Fsp3) is 0.571. The van der Waals surface area contributed by atoms with E-state index in [1.54, 1.807) is 6.26 Å². The highest BCUT2D eigenvalue weighted by Gasteiger charge is 2.19. The zero-order valence-electron chi connectivity index (χ0n) is 6.31. The summed E-state index contributed by atoms with van der Waals surface area (Å²) in [6.07, 6.45) is 1.60. The van der Waals surface area contributed by atoms with Crippen molar-refractivity contribution in [3.05, 3.63) is 16.8 Å². The molecule has 10 heavy (non-hydrogen) atoms. The summed E-state index contributed by atoms with van der Waals surface area (Å²) in [7, 11) is 0. The van der Waals surface area contributed by atoms with Gasteiger partial charge >= 0.3 is 0 Å². The number of aromatic nitrogens is 1. The van der Waals surface area contributed by atoms with Crippen molar-refractivity contribution in [1.29, 1.82) is 0 Å². The van der Waals surface area contributed by atoms with Crippen molar-refractivity contribution in [2.24, 2.45) is 0 Å². The van der Waals surface area contributed by atoms with Gasteiger partial charge in [0.15, 0.2) is 5.89 Å². The normalized spacial score (nSPS) is 12.0. The lowest BCUT2D eigenvalue weighted by molar-refractivity contribution is 0.392. The molecule has 0 saturated heterocycles. The van der Waals surface area contributed by atoms with Crippen LogP contribution in [0.4, 0.5) is 0 Å². The van der Waals surface area contributed by atoms with Gasteiger partial charge in [-0.2, -0.15) is 0 Å². The molecule has 0 aromatic carbocycles. The standard InChI is InChI=1S/C7H10BrNO/c1-7(2,3)6-9-5(8)4-10-6/h4H,1-3H3. The molecule has 0 spiro atoms. The average molecular weight is 204 g/mol. The van der Waals surface area contributed by atoms with Crippen LogP contribution in [-0.4, -0.2) is 4.98 Å². The quantitative estimate of drug-likeness (QED) is 0.649. The van der Waals surface area contributed by atoms with E-state index >= 15 is 0 Å². The van der Waals surface area contributed by atoms with Crippen LogP contribution in [0.1, 0.15) is 26.7 Å². The Bertz CT molecular complexity index is 224. The van der Waals surface area contributed by atoms with Crippen LogP contribution in [0, 0.1) is 0 Å². The predicted molar refractivity (Wildman–Crippen MR) is 42.9 cm³/mol. The highest BCUT2D eigenvalue weighted by Crippen LogP contribution is 2.22. The summed E-state index contributed by atoms with van der Waals surface area (Å²) in [5, 5.41) is 0. The van der Waals surface area contributed by atoms with Gasteiger partial charge in [0, 0.05) is 5.41 Å². The molecule has 1 aromatic heterocycles. The van der Waals surface area contributed by atoms with Crippen molar-refractivity contribution < 1.29 is 4.42 Å². The van der Waals surface area contributed by atoms with E-state index in [1.807, 2.05) is 0 Å². The van der Waals surface area contributed by atoms with Crippen LogP contribution in [0.2, 0.25) is 0 Å². The van der Waals surface area contributed by atoms with Crippen LogP contribution >= 0.6 is 15.9 Å². The number of halogens is 1. The van der Waals surface area contributed by atoms with E-state index < -0.39 is 0 Å². The molecule has 2 nitrogen and oxygen atoms in total. The maximum absolute atomic E-state index is 5.17. The SMILES string of the molecule is CC(C)(C)c1nc(Br)co1. The van der Waals surface area contributed by atoms with E-state index in [0.717, 1.165) is 10.5 Å². The first-order valence-electron chi connectivity index (χ1n) is 3.11. The van der Waals surface area contributed by atoms with Crippen LogP contribution < -0.4 is 0 Å². The number of oxazole rings is 1. The molecule has 0 aliphatic carbocycles. The minimum absolute atomic E-state index is 0.00597. The molecule has 0 saturated carbocycles. The molecule has 1 rings (SSSR count). The molecule has 1 heterocycles. The lowest BCUT2D eigenvalue weighted by atomic mass is 9.97. The minimum Gasteiger partial charge on any atom is -0.447 e. The van der Waals surface area contributed by atoms with Gasteiger partial charge in [0.05, 0.1) is 0 Å². The van der Waals surface area contributed by atoms with Gasteiger partial charge in [0.25, 0.3) is 0 Å². The van der Waals surface area contributed by atoms with Gasteiger partial charge in [0.2, 0.25) is 0 Å². The molecule has 0 radical (unpaired) electrons. The molecule has 0 amide bonds. The van der Waals surface area contributed by atoms with Crippen molar-refractivity contribution >= 4 is 15.9 Å². The first-order valence-corrected chi connectivity index (χ1v) is 3.91. The molecule has 56 valence electrons. The Hall–Kier alpha value is -0.310. The molecule has 0 aliphatic rings. The van der Waals surface area contributed by atoms with Crippen molar-refractivity contribution in [2.45, 2.75) is 26.2 Å². The summed E-state index contributed by atoms with van der Waals surface area (Å²) in [6.45, 7) is 6.18. The summed E-state index contributed by atoms with van der Waals surface area (Å²) in [6, 6.07) is 0. The third-order valence-corrected chi connectivity index (χ3v) is 1.48. The third kappa shape index (κ3) is 1.59. The molecular formula is C7H10BrNO. The summed E-state index contributed by atoms with van der Waals surface area (Å²) >= 11 is 3.22. The molecule has 0 aliphatic heterocycles. The molecule has 0 unspecified atom stereocenters. The number of hydrogen-bond donors (Lipinski definition) is 0. The Morgan fingerprint density at radius 3 is 2.30 bits per heavy atom. The molecular weight excluding hydrogens is 194 g/mol. The van der Waals surface area contributed by atoms with Crippen molar-refractivity contribution in [3.8, 4) is 0 Å². The van der Waals surface area contributed by atoms with Gasteiger partial charge in [-0.15, -0.1) is 0 Å². The predicted octanol–water partition coefficient (Wildman–Crippen LogP) is 2.73. The summed E-state index contributed by atoms with van der Waals surface area (Å²) < 4.78 is 5.93. The molecule has 1 aromatic rings. The zero-order chi connectivity index (χ0) is 7.78. The minimum atomic E-state index is 0.00597. The third-order valence-electron chi connectivity index (χ3n) is 1.12. The van der Waals surface area contributed by atoms with E-state index in [9.17, 15) is 0 Å². The Labute approximate surface area is 68.8 Å². The molecule has 0 N–H and O–H groups in total. The van der Waals surface area contributed by atoms with E-state index in [0.29, 0.717) is 0 Å². The number of nitrogens with zero attached hydrogens (tertiary/aromatic N) is 1. The first-order chi connectivity index (χ1) is 4.50. The zero-order valence-corrected chi connectivity index (χ0v) is 7.90. The van der Waals surface area contributed by atoms with Gasteiger partial charge in [-0.3, -0.25) is 0 Å². The van der Waals surface area contributed by atoms with Gasteiger partial charge in [-0.25, -0.2) is 4.98 Å². The van der Waals surface area contributed by atoms with Crippen LogP contribution in [-0.2, 0) is 5.41 Å². The summed E-state index contributed by atoms with van der Waals surface area (Å²) in [5.41, 5.74) is 0.00597. The smallest absolute Gasteiger partial charge is 0.200 e. The van der Waals surface area contributed by atoms with E-state index in [2.05, 4.69) is 41.7 Å². The van der Waals surface area contributed by atoms with Crippen molar-refractivity contribution in [3.63, 3.8) is 0 Å². The molecule has 0 atom stereocenters. The largest absolute Gasteiger partial charge is 0.447 e. The number of rotatable bonds is 0. The highest BCUT2D eigenvalue weighted by atomic mass is 79.9. The Balaban J connectivity index is 2.96. The van der Waals surface area contributed by atoms with Crippen molar-refractivity contribution in [2.75, 3.05) is 0 Å². The van der Waals surface area contributed by atoms with Gasteiger partial charge in [0.1, 0.15) is 10.9 Å². The maximum atomic E-state index is 5.17. The fourth-order valence-corrected chi connectivity index (χ4v) is 0.853.